The Balaban J connectivity index is 3.94. The Morgan fingerprint density at radius 3 is 2.19 bits per heavy atom. The average molecular weight is 231 g/mol. The van der Waals surface area contributed by atoms with Crippen molar-refractivity contribution in [3.8, 4) is 0 Å². The van der Waals surface area contributed by atoms with E-state index in [9.17, 15) is 0 Å². The van der Waals surface area contributed by atoms with Crippen LogP contribution >= 0.6 is 0 Å². The van der Waals surface area contributed by atoms with Gasteiger partial charge in [0.15, 0.2) is 0 Å². The summed E-state index contributed by atoms with van der Waals surface area (Å²) in [5.41, 5.74) is -0.146. The van der Waals surface area contributed by atoms with E-state index >= 15 is 0 Å². The Morgan fingerprint density at radius 1 is 1.12 bits per heavy atom. The summed E-state index contributed by atoms with van der Waals surface area (Å²) in [6, 6.07) is 0. The number of hydrogen-bond acceptors (Lipinski definition) is 3. The second kappa shape index (κ2) is 7.25. The van der Waals surface area contributed by atoms with Gasteiger partial charge in [-0.15, -0.1) is 0 Å². The summed E-state index contributed by atoms with van der Waals surface area (Å²) >= 11 is 0. The van der Waals surface area contributed by atoms with Crippen molar-refractivity contribution in [2.24, 2.45) is 0 Å². The zero-order valence-corrected chi connectivity index (χ0v) is 11.9. The van der Waals surface area contributed by atoms with Gasteiger partial charge in [-0.2, -0.15) is 0 Å². The maximum atomic E-state index is 5.98. The second-order valence-corrected chi connectivity index (χ2v) is 5.15. The molecule has 0 aromatic heterocycles. The van der Waals surface area contributed by atoms with Crippen LogP contribution in [0.25, 0.3) is 0 Å². The number of hydrogen-bond donors (Lipinski definition) is 1. The molecule has 0 rings (SSSR count). The van der Waals surface area contributed by atoms with Gasteiger partial charge in [0.05, 0.1) is 17.8 Å². The smallest absolute Gasteiger partial charge is 0.0775 e. The second-order valence-electron chi connectivity index (χ2n) is 5.15. The SMILES string of the molecule is CCNCC(C)(CC)OCCC(C)(C)OC. The Hall–Kier alpha value is -0.120. The molecule has 1 N–H and O–H groups in total. The molecule has 0 aliphatic rings. The summed E-state index contributed by atoms with van der Waals surface area (Å²) < 4.78 is 11.3. The number of rotatable bonds is 9. The minimum Gasteiger partial charge on any atom is -0.379 e. The molecule has 1 unspecified atom stereocenters. The van der Waals surface area contributed by atoms with Crippen LogP contribution in [0.4, 0.5) is 0 Å². The van der Waals surface area contributed by atoms with Gasteiger partial charge in [0.25, 0.3) is 0 Å². The topological polar surface area (TPSA) is 30.5 Å². The maximum absolute atomic E-state index is 5.98. The predicted octanol–water partition coefficient (Wildman–Crippen LogP) is 2.60. The Bertz CT molecular complexity index is 183. The molecule has 0 aliphatic heterocycles. The minimum absolute atomic E-state index is 0.0557. The first kappa shape index (κ1) is 15.9. The van der Waals surface area contributed by atoms with E-state index in [2.05, 4.69) is 39.9 Å². The fourth-order valence-corrected chi connectivity index (χ4v) is 1.31. The summed E-state index contributed by atoms with van der Waals surface area (Å²) in [6.07, 6.45) is 1.94. The van der Waals surface area contributed by atoms with E-state index in [1.54, 1.807) is 7.11 Å². The standard InChI is InChI=1S/C13H29NO2/c1-7-13(5,11-14-8-2)16-10-9-12(3,4)15-6/h14H,7-11H2,1-6H3. The van der Waals surface area contributed by atoms with Crippen LogP contribution in [-0.4, -0.2) is 38.0 Å². The summed E-state index contributed by atoms with van der Waals surface area (Å²) in [5, 5.41) is 3.35. The molecule has 0 radical (unpaired) electrons. The van der Waals surface area contributed by atoms with E-state index in [-0.39, 0.29) is 11.2 Å². The zero-order valence-electron chi connectivity index (χ0n) is 11.9. The van der Waals surface area contributed by atoms with Crippen molar-refractivity contribution in [1.82, 2.24) is 5.32 Å². The summed E-state index contributed by atoms with van der Waals surface area (Å²) in [6.45, 7) is 13.3. The fourth-order valence-electron chi connectivity index (χ4n) is 1.31. The highest BCUT2D eigenvalue weighted by molar-refractivity contribution is 4.77. The first-order valence-electron chi connectivity index (χ1n) is 6.29. The molecule has 0 saturated carbocycles. The van der Waals surface area contributed by atoms with Gasteiger partial charge < -0.3 is 14.8 Å². The molecule has 0 heterocycles. The normalized spacial score (nSPS) is 16.1. The summed E-state index contributed by atoms with van der Waals surface area (Å²) in [5.74, 6) is 0. The predicted molar refractivity (Wildman–Crippen MR) is 68.9 cm³/mol. The average Bonchev–Trinajstić information content (AvgIpc) is 2.26. The molecule has 1 atom stereocenters. The monoisotopic (exact) mass is 231 g/mol. The lowest BCUT2D eigenvalue weighted by Gasteiger charge is -2.31. The lowest BCUT2D eigenvalue weighted by atomic mass is 10.0. The van der Waals surface area contributed by atoms with Crippen molar-refractivity contribution in [3.05, 3.63) is 0 Å². The molecule has 0 saturated heterocycles. The third-order valence-electron chi connectivity index (χ3n) is 3.20. The molecule has 16 heavy (non-hydrogen) atoms. The van der Waals surface area contributed by atoms with Gasteiger partial charge in [-0.25, -0.2) is 0 Å². The largest absolute Gasteiger partial charge is 0.379 e. The molecule has 3 nitrogen and oxygen atoms in total. The van der Waals surface area contributed by atoms with Crippen molar-refractivity contribution < 1.29 is 9.47 Å². The van der Waals surface area contributed by atoms with Crippen LogP contribution in [0.3, 0.4) is 0 Å². The fraction of sp³-hybridized carbons (Fsp3) is 1.00. The number of methoxy groups -OCH3 is 1. The molecule has 98 valence electrons. The molecule has 0 fully saturated rings. The van der Waals surface area contributed by atoms with Crippen LogP contribution in [0.1, 0.15) is 47.5 Å². The van der Waals surface area contributed by atoms with E-state index < -0.39 is 0 Å². The highest BCUT2D eigenvalue weighted by Crippen LogP contribution is 2.18. The third kappa shape index (κ3) is 6.46. The Kier molecular flexibility index (Phi) is 7.20. The Labute approximate surface area is 101 Å². The molecule has 0 aromatic carbocycles. The molecule has 3 heteroatoms. The third-order valence-corrected chi connectivity index (χ3v) is 3.20. The lowest BCUT2D eigenvalue weighted by molar-refractivity contribution is -0.0666. The first-order valence-corrected chi connectivity index (χ1v) is 6.29. The minimum atomic E-state index is -0.0904. The highest BCUT2D eigenvalue weighted by Gasteiger charge is 2.24. The maximum Gasteiger partial charge on any atom is 0.0775 e. The molecule has 0 aliphatic carbocycles. The van der Waals surface area contributed by atoms with E-state index in [0.717, 1.165) is 32.5 Å². The van der Waals surface area contributed by atoms with E-state index in [1.165, 1.54) is 0 Å². The molecule has 0 aromatic rings. The van der Waals surface area contributed by atoms with Crippen LogP contribution in [0.2, 0.25) is 0 Å². The number of ether oxygens (including phenoxy) is 2. The van der Waals surface area contributed by atoms with E-state index in [4.69, 9.17) is 9.47 Å². The highest BCUT2D eigenvalue weighted by atomic mass is 16.5. The molecule has 0 spiro atoms. The first-order chi connectivity index (χ1) is 7.39. The quantitative estimate of drug-likeness (QED) is 0.661. The zero-order chi connectivity index (χ0) is 12.7. The number of likely N-dealkylation sites (N-methyl/N-ethyl adjacent to an activating group) is 1. The Morgan fingerprint density at radius 2 is 1.75 bits per heavy atom. The van der Waals surface area contributed by atoms with Crippen molar-refractivity contribution in [2.75, 3.05) is 26.8 Å². The van der Waals surface area contributed by atoms with Gasteiger partial charge in [-0.3, -0.25) is 0 Å². The van der Waals surface area contributed by atoms with Crippen molar-refractivity contribution in [1.29, 1.82) is 0 Å². The van der Waals surface area contributed by atoms with Gasteiger partial charge in [-0.1, -0.05) is 13.8 Å². The van der Waals surface area contributed by atoms with Crippen LogP contribution in [-0.2, 0) is 9.47 Å². The lowest BCUT2D eigenvalue weighted by Crippen LogP contribution is -2.41. The molecular formula is C13H29NO2. The van der Waals surface area contributed by atoms with E-state index in [1.807, 2.05) is 0 Å². The molecule has 0 bridgehead atoms. The van der Waals surface area contributed by atoms with Crippen molar-refractivity contribution in [3.63, 3.8) is 0 Å². The summed E-state index contributed by atoms with van der Waals surface area (Å²) in [4.78, 5) is 0. The van der Waals surface area contributed by atoms with Gasteiger partial charge >= 0.3 is 0 Å². The van der Waals surface area contributed by atoms with Gasteiger partial charge in [0.1, 0.15) is 0 Å². The van der Waals surface area contributed by atoms with Crippen molar-refractivity contribution in [2.45, 2.75) is 58.7 Å². The molecule has 0 amide bonds. The van der Waals surface area contributed by atoms with Crippen LogP contribution in [0.15, 0.2) is 0 Å². The van der Waals surface area contributed by atoms with Crippen LogP contribution in [0.5, 0.6) is 0 Å². The van der Waals surface area contributed by atoms with Crippen molar-refractivity contribution >= 4 is 0 Å². The van der Waals surface area contributed by atoms with E-state index in [0.29, 0.717) is 0 Å². The number of nitrogens with one attached hydrogen (secondary N) is 1. The molecular weight excluding hydrogens is 202 g/mol. The van der Waals surface area contributed by atoms with Crippen LogP contribution < -0.4 is 5.32 Å². The summed E-state index contributed by atoms with van der Waals surface area (Å²) in [7, 11) is 1.75. The van der Waals surface area contributed by atoms with Gasteiger partial charge in [0.2, 0.25) is 0 Å². The van der Waals surface area contributed by atoms with Crippen LogP contribution in [0, 0.1) is 0 Å². The van der Waals surface area contributed by atoms with Gasteiger partial charge in [0, 0.05) is 13.7 Å². The van der Waals surface area contributed by atoms with Gasteiger partial charge in [-0.05, 0) is 40.2 Å².